The number of thiophene rings is 1. The van der Waals surface area contributed by atoms with Crippen LogP contribution in [-0.2, 0) is 0 Å². The standard InChI is InChI=1S/C6H2Br2N2OS/c7-2-3-4(12-5(2)8)6(11)10-1-9-3/h1H,(H,9,10,11). The summed E-state index contributed by atoms with van der Waals surface area (Å²) < 4.78 is 2.37. The Hall–Kier alpha value is -0.200. The smallest absolute Gasteiger partial charge is 0.268 e. The molecule has 0 saturated carbocycles. The predicted octanol–water partition coefficient (Wildman–Crippen LogP) is 2.51. The van der Waals surface area contributed by atoms with E-state index >= 15 is 0 Å². The summed E-state index contributed by atoms with van der Waals surface area (Å²) in [6, 6.07) is 0. The van der Waals surface area contributed by atoms with Crippen molar-refractivity contribution in [1.29, 1.82) is 0 Å². The Labute approximate surface area is 88.1 Å². The van der Waals surface area contributed by atoms with Crippen molar-refractivity contribution in [3.8, 4) is 0 Å². The maximum Gasteiger partial charge on any atom is 0.268 e. The first-order valence-electron chi connectivity index (χ1n) is 3.01. The van der Waals surface area contributed by atoms with Crippen LogP contribution >= 0.6 is 43.2 Å². The summed E-state index contributed by atoms with van der Waals surface area (Å²) in [4.78, 5) is 17.8. The van der Waals surface area contributed by atoms with Gasteiger partial charge in [-0.2, -0.15) is 0 Å². The molecule has 0 radical (unpaired) electrons. The van der Waals surface area contributed by atoms with E-state index in [-0.39, 0.29) is 5.56 Å². The Morgan fingerprint density at radius 3 is 2.92 bits per heavy atom. The largest absolute Gasteiger partial charge is 0.312 e. The first-order valence-corrected chi connectivity index (χ1v) is 5.41. The number of H-pyrrole nitrogens is 1. The van der Waals surface area contributed by atoms with E-state index in [1.165, 1.54) is 17.7 Å². The van der Waals surface area contributed by atoms with E-state index < -0.39 is 0 Å². The van der Waals surface area contributed by atoms with Gasteiger partial charge < -0.3 is 4.98 Å². The Morgan fingerprint density at radius 2 is 2.25 bits per heavy atom. The molecule has 2 aromatic rings. The Kier molecular flexibility index (Phi) is 2.05. The predicted molar refractivity (Wildman–Crippen MR) is 55.6 cm³/mol. The molecule has 6 heteroatoms. The summed E-state index contributed by atoms with van der Waals surface area (Å²) in [7, 11) is 0. The molecule has 0 aliphatic heterocycles. The van der Waals surface area contributed by atoms with Crippen LogP contribution in [0.1, 0.15) is 0 Å². The number of fused-ring (bicyclic) bond motifs is 1. The molecule has 0 aromatic carbocycles. The molecule has 0 saturated heterocycles. The molecule has 62 valence electrons. The minimum atomic E-state index is -0.101. The quantitative estimate of drug-likeness (QED) is 0.813. The third kappa shape index (κ3) is 1.14. The number of aromatic amines is 1. The van der Waals surface area contributed by atoms with Crippen molar-refractivity contribution in [2.24, 2.45) is 0 Å². The van der Waals surface area contributed by atoms with Gasteiger partial charge in [0.2, 0.25) is 0 Å². The number of nitrogens with zero attached hydrogens (tertiary/aromatic N) is 1. The highest BCUT2D eigenvalue weighted by atomic mass is 79.9. The summed E-state index contributed by atoms with van der Waals surface area (Å²) in [5.74, 6) is 0. The van der Waals surface area contributed by atoms with E-state index in [0.717, 1.165) is 8.26 Å². The molecule has 0 atom stereocenters. The highest BCUT2D eigenvalue weighted by Crippen LogP contribution is 2.35. The molecular formula is C6H2Br2N2OS. The van der Waals surface area contributed by atoms with Crippen molar-refractivity contribution in [2.75, 3.05) is 0 Å². The van der Waals surface area contributed by atoms with Gasteiger partial charge >= 0.3 is 0 Å². The van der Waals surface area contributed by atoms with Crippen LogP contribution in [0.15, 0.2) is 19.4 Å². The van der Waals surface area contributed by atoms with Crippen molar-refractivity contribution < 1.29 is 0 Å². The van der Waals surface area contributed by atoms with E-state index in [0.29, 0.717) is 10.2 Å². The van der Waals surface area contributed by atoms with Gasteiger partial charge in [0.05, 0.1) is 14.6 Å². The first kappa shape index (κ1) is 8.40. The molecule has 0 spiro atoms. The second-order valence-corrected chi connectivity index (χ2v) is 5.23. The minimum absolute atomic E-state index is 0.101. The second kappa shape index (κ2) is 2.93. The first-order chi connectivity index (χ1) is 5.70. The number of halogens is 2. The molecule has 0 unspecified atom stereocenters. The van der Waals surface area contributed by atoms with Crippen LogP contribution < -0.4 is 5.56 Å². The van der Waals surface area contributed by atoms with Crippen LogP contribution in [-0.4, -0.2) is 9.97 Å². The lowest BCUT2D eigenvalue weighted by Crippen LogP contribution is -2.03. The van der Waals surface area contributed by atoms with Crippen LogP contribution in [0.5, 0.6) is 0 Å². The highest BCUT2D eigenvalue weighted by Gasteiger charge is 2.10. The minimum Gasteiger partial charge on any atom is -0.312 e. The summed E-state index contributed by atoms with van der Waals surface area (Å²) in [6.07, 6.45) is 1.40. The lowest BCUT2D eigenvalue weighted by molar-refractivity contribution is 1.18. The van der Waals surface area contributed by atoms with Gasteiger partial charge in [0.15, 0.2) is 0 Å². The van der Waals surface area contributed by atoms with Gasteiger partial charge in [-0.25, -0.2) is 4.98 Å². The molecule has 2 heterocycles. The van der Waals surface area contributed by atoms with E-state index in [1.807, 2.05) is 0 Å². The van der Waals surface area contributed by atoms with Crippen LogP contribution in [0, 0.1) is 0 Å². The maximum absolute atomic E-state index is 11.2. The molecule has 2 aromatic heterocycles. The van der Waals surface area contributed by atoms with Crippen LogP contribution in [0.4, 0.5) is 0 Å². The Morgan fingerprint density at radius 1 is 1.50 bits per heavy atom. The summed E-state index contributed by atoms with van der Waals surface area (Å²) >= 11 is 8.02. The molecule has 0 fully saturated rings. The van der Waals surface area contributed by atoms with Gasteiger partial charge in [-0.05, 0) is 31.9 Å². The van der Waals surface area contributed by atoms with E-state index in [2.05, 4.69) is 41.8 Å². The van der Waals surface area contributed by atoms with Gasteiger partial charge in [-0.3, -0.25) is 4.79 Å². The monoisotopic (exact) mass is 308 g/mol. The summed E-state index contributed by atoms with van der Waals surface area (Å²) in [6.45, 7) is 0. The van der Waals surface area contributed by atoms with Crippen LogP contribution in [0.3, 0.4) is 0 Å². The zero-order valence-corrected chi connectivity index (χ0v) is 9.59. The molecule has 3 nitrogen and oxygen atoms in total. The fraction of sp³-hybridized carbons (Fsp3) is 0. The average molecular weight is 310 g/mol. The normalized spacial score (nSPS) is 10.8. The zero-order valence-electron chi connectivity index (χ0n) is 5.60. The topological polar surface area (TPSA) is 45.8 Å². The van der Waals surface area contributed by atoms with Crippen molar-refractivity contribution in [3.63, 3.8) is 0 Å². The fourth-order valence-corrected chi connectivity index (χ4v) is 2.98. The lowest BCUT2D eigenvalue weighted by Gasteiger charge is -1.85. The van der Waals surface area contributed by atoms with Gasteiger partial charge in [-0.1, -0.05) is 0 Å². The summed E-state index contributed by atoms with van der Waals surface area (Å²) in [5.41, 5.74) is 0.604. The lowest BCUT2D eigenvalue weighted by atomic mass is 10.5. The zero-order chi connectivity index (χ0) is 8.72. The fourth-order valence-electron chi connectivity index (χ4n) is 0.866. The molecule has 1 N–H and O–H groups in total. The average Bonchev–Trinajstić information content (AvgIpc) is 2.32. The van der Waals surface area contributed by atoms with Crippen LogP contribution in [0.25, 0.3) is 10.2 Å². The van der Waals surface area contributed by atoms with Gasteiger partial charge in [0.25, 0.3) is 5.56 Å². The number of hydrogen-bond donors (Lipinski definition) is 1. The number of hydrogen-bond acceptors (Lipinski definition) is 3. The number of aromatic nitrogens is 2. The molecule has 0 aliphatic carbocycles. The maximum atomic E-state index is 11.2. The van der Waals surface area contributed by atoms with Crippen molar-refractivity contribution >= 4 is 53.4 Å². The van der Waals surface area contributed by atoms with Crippen LogP contribution in [0.2, 0.25) is 0 Å². The molecule has 12 heavy (non-hydrogen) atoms. The van der Waals surface area contributed by atoms with Crippen molar-refractivity contribution in [3.05, 3.63) is 24.9 Å². The Bertz CT molecular complexity index is 490. The molecule has 2 rings (SSSR count). The Balaban J connectivity index is 3.05. The molecule has 0 aliphatic rings. The SMILES string of the molecule is O=c1[nH]cnc2c(Br)c(Br)sc12. The van der Waals surface area contributed by atoms with Crippen molar-refractivity contribution in [2.45, 2.75) is 0 Å². The molecule has 0 bridgehead atoms. The number of nitrogens with one attached hydrogen (secondary N) is 1. The second-order valence-electron chi connectivity index (χ2n) is 2.10. The van der Waals surface area contributed by atoms with Gasteiger partial charge in [0.1, 0.15) is 10.2 Å². The molecule has 0 amide bonds. The van der Waals surface area contributed by atoms with E-state index in [1.54, 1.807) is 0 Å². The van der Waals surface area contributed by atoms with Gasteiger partial charge in [0, 0.05) is 0 Å². The summed E-state index contributed by atoms with van der Waals surface area (Å²) in [5, 5.41) is 0. The van der Waals surface area contributed by atoms with Gasteiger partial charge in [-0.15, -0.1) is 11.3 Å². The highest BCUT2D eigenvalue weighted by molar-refractivity contribution is 9.13. The van der Waals surface area contributed by atoms with E-state index in [9.17, 15) is 4.79 Å². The molecular weight excluding hydrogens is 308 g/mol. The van der Waals surface area contributed by atoms with E-state index in [4.69, 9.17) is 0 Å². The van der Waals surface area contributed by atoms with Crippen molar-refractivity contribution in [1.82, 2.24) is 9.97 Å². The number of rotatable bonds is 0. The third-order valence-corrected chi connectivity index (χ3v) is 4.80. The third-order valence-electron chi connectivity index (χ3n) is 1.38.